The van der Waals surface area contributed by atoms with Gasteiger partial charge in [-0.15, -0.1) is 0 Å². The number of hydrogen-bond acceptors (Lipinski definition) is 3. The lowest BCUT2D eigenvalue weighted by atomic mass is 9.82. The number of aliphatic carboxylic acids is 1. The van der Waals surface area contributed by atoms with E-state index in [0.717, 1.165) is 30.4 Å². The number of unbranched alkanes of at least 4 members (excludes halogenated alkanes) is 4. The quantitative estimate of drug-likeness (QED) is 0.473. The van der Waals surface area contributed by atoms with Crippen LogP contribution in [0.25, 0.3) is 0 Å². The molecule has 0 bridgehead atoms. The predicted molar refractivity (Wildman–Crippen MR) is 109 cm³/mol. The third-order valence-corrected chi connectivity index (χ3v) is 5.29. The summed E-state index contributed by atoms with van der Waals surface area (Å²) in [5.74, 6) is -1.03. The molecule has 1 aliphatic rings. The van der Waals surface area contributed by atoms with Gasteiger partial charge in [0.05, 0.1) is 0 Å². The van der Waals surface area contributed by atoms with E-state index in [4.69, 9.17) is 5.11 Å². The van der Waals surface area contributed by atoms with Crippen molar-refractivity contribution in [1.82, 2.24) is 10.2 Å². The minimum absolute atomic E-state index is 0.184. The molecular weight excluding hydrogens is 368 g/mol. The Bertz CT molecular complexity index is 812. The van der Waals surface area contributed by atoms with E-state index < -0.39 is 11.5 Å². The Morgan fingerprint density at radius 2 is 1.34 bits per heavy atom. The first-order valence-electron chi connectivity index (χ1n) is 10.0. The number of hydrogen-bond donors (Lipinski definition) is 2. The van der Waals surface area contributed by atoms with Crippen molar-refractivity contribution in [2.24, 2.45) is 0 Å². The maximum atomic E-state index is 13.5. The maximum Gasteiger partial charge on any atom is 0.325 e. The molecule has 0 saturated carbocycles. The number of rotatable bonds is 10. The summed E-state index contributed by atoms with van der Waals surface area (Å²) in [6, 6.07) is 18.3. The molecule has 2 aromatic rings. The van der Waals surface area contributed by atoms with Gasteiger partial charge in [-0.05, 0) is 24.0 Å². The number of amides is 3. The lowest BCUT2D eigenvalue weighted by molar-refractivity contribution is -0.137. The zero-order valence-corrected chi connectivity index (χ0v) is 16.3. The number of urea groups is 1. The van der Waals surface area contributed by atoms with E-state index in [0.29, 0.717) is 19.4 Å². The molecule has 6 heteroatoms. The molecule has 6 nitrogen and oxygen atoms in total. The Hall–Kier alpha value is -3.15. The van der Waals surface area contributed by atoms with Crippen LogP contribution >= 0.6 is 0 Å². The van der Waals surface area contributed by atoms with Crippen LogP contribution in [-0.4, -0.2) is 34.5 Å². The molecule has 0 radical (unpaired) electrons. The Morgan fingerprint density at radius 3 is 1.90 bits per heavy atom. The second kappa shape index (κ2) is 9.37. The Balaban J connectivity index is 1.70. The number of carbonyl (C=O) groups is 3. The summed E-state index contributed by atoms with van der Waals surface area (Å²) >= 11 is 0. The van der Waals surface area contributed by atoms with E-state index in [1.807, 2.05) is 60.7 Å². The summed E-state index contributed by atoms with van der Waals surface area (Å²) in [6.45, 7) is 0.352. The first-order valence-corrected chi connectivity index (χ1v) is 10.0. The summed E-state index contributed by atoms with van der Waals surface area (Å²) in [4.78, 5) is 38.0. The SMILES string of the molecule is O=C(O)CCCCCCCN1C(=O)NC(c2ccccc2)(c2ccccc2)C1=O. The van der Waals surface area contributed by atoms with Crippen molar-refractivity contribution < 1.29 is 19.5 Å². The van der Waals surface area contributed by atoms with Crippen molar-refractivity contribution in [3.63, 3.8) is 0 Å². The molecule has 0 spiro atoms. The fourth-order valence-electron chi connectivity index (χ4n) is 3.79. The average Bonchev–Trinajstić information content (AvgIpc) is 2.99. The van der Waals surface area contributed by atoms with Gasteiger partial charge in [0.2, 0.25) is 0 Å². The van der Waals surface area contributed by atoms with Gasteiger partial charge in [0.1, 0.15) is 0 Å². The van der Waals surface area contributed by atoms with E-state index in [2.05, 4.69) is 5.32 Å². The minimum atomic E-state index is -1.21. The van der Waals surface area contributed by atoms with Gasteiger partial charge in [0.15, 0.2) is 5.54 Å². The molecule has 0 aromatic heterocycles. The van der Waals surface area contributed by atoms with Crippen molar-refractivity contribution >= 4 is 17.9 Å². The van der Waals surface area contributed by atoms with Gasteiger partial charge in [0, 0.05) is 13.0 Å². The molecule has 1 saturated heterocycles. The molecule has 2 N–H and O–H groups in total. The van der Waals surface area contributed by atoms with E-state index >= 15 is 0 Å². The molecular formula is C23H26N2O4. The first kappa shape index (κ1) is 20.6. The maximum absolute atomic E-state index is 13.5. The predicted octanol–water partition coefficient (Wildman–Crippen LogP) is 3.91. The summed E-state index contributed by atoms with van der Waals surface area (Å²) in [6.07, 6.45) is 4.11. The summed E-state index contributed by atoms with van der Waals surface area (Å²) < 4.78 is 0. The fourth-order valence-corrected chi connectivity index (χ4v) is 3.79. The van der Waals surface area contributed by atoms with Crippen LogP contribution in [0.1, 0.15) is 49.7 Å². The number of carboxylic acids is 1. The third-order valence-electron chi connectivity index (χ3n) is 5.29. The van der Waals surface area contributed by atoms with Crippen molar-refractivity contribution in [2.45, 2.75) is 44.1 Å². The van der Waals surface area contributed by atoms with Crippen LogP contribution < -0.4 is 5.32 Å². The second-order valence-electron chi connectivity index (χ2n) is 7.28. The first-order chi connectivity index (χ1) is 14.1. The zero-order chi connectivity index (χ0) is 20.7. The smallest absolute Gasteiger partial charge is 0.325 e. The van der Waals surface area contributed by atoms with E-state index in [1.54, 1.807) is 0 Å². The standard InChI is InChI=1S/C23H26N2O4/c26-20(27)16-10-2-1-3-11-17-25-21(28)23(24-22(25)29,18-12-6-4-7-13-18)19-14-8-5-9-15-19/h4-9,12-15H,1-3,10-11,16-17H2,(H,24,29)(H,26,27). The Kier molecular flexibility index (Phi) is 6.65. The number of carboxylic acid groups (broad SMARTS) is 1. The molecule has 0 unspecified atom stereocenters. The van der Waals surface area contributed by atoms with Gasteiger partial charge in [-0.1, -0.05) is 79.9 Å². The third kappa shape index (κ3) is 4.47. The van der Waals surface area contributed by atoms with Crippen LogP contribution in [-0.2, 0) is 15.1 Å². The average molecular weight is 394 g/mol. The van der Waals surface area contributed by atoms with Gasteiger partial charge in [0.25, 0.3) is 5.91 Å². The van der Waals surface area contributed by atoms with Gasteiger partial charge >= 0.3 is 12.0 Å². The van der Waals surface area contributed by atoms with Gasteiger partial charge in [-0.25, -0.2) is 4.79 Å². The fraction of sp³-hybridized carbons (Fsp3) is 0.348. The van der Waals surface area contributed by atoms with Crippen molar-refractivity contribution in [2.75, 3.05) is 6.54 Å². The summed E-state index contributed by atoms with van der Waals surface area (Å²) in [5.41, 5.74) is 0.266. The largest absolute Gasteiger partial charge is 0.481 e. The van der Waals surface area contributed by atoms with Crippen LogP contribution in [0.2, 0.25) is 0 Å². The lowest BCUT2D eigenvalue weighted by Crippen LogP contribution is -2.45. The molecule has 1 aliphatic heterocycles. The summed E-state index contributed by atoms with van der Waals surface area (Å²) in [5, 5.41) is 11.6. The molecule has 29 heavy (non-hydrogen) atoms. The summed E-state index contributed by atoms with van der Waals surface area (Å²) in [7, 11) is 0. The lowest BCUT2D eigenvalue weighted by Gasteiger charge is -2.28. The molecule has 2 aromatic carbocycles. The van der Waals surface area contributed by atoms with Crippen LogP contribution in [0, 0.1) is 0 Å². The molecule has 152 valence electrons. The number of nitrogens with one attached hydrogen (secondary N) is 1. The molecule has 0 aliphatic carbocycles. The highest BCUT2D eigenvalue weighted by atomic mass is 16.4. The monoisotopic (exact) mass is 394 g/mol. The number of benzene rings is 2. The Morgan fingerprint density at radius 1 is 0.828 bits per heavy atom. The number of imide groups is 1. The number of nitrogens with zero attached hydrogens (tertiary/aromatic N) is 1. The van der Waals surface area contributed by atoms with Crippen molar-refractivity contribution in [1.29, 1.82) is 0 Å². The van der Waals surface area contributed by atoms with E-state index in [-0.39, 0.29) is 18.4 Å². The molecule has 0 atom stereocenters. The normalized spacial score (nSPS) is 15.4. The van der Waals surface area contributed by atoms with Gasteiger partial charge < -0.3 is 10.4 Å². The van der Waals surface area contributed by atoms with Crippen LogP contribution in [0.5, 0.6) is 0 Å². The second-order valence-corrected chi connectivity index (χ2v) is 7.28. The van der Waals surface area contributed by atoms with Crippen LogP contribution in [0.4, 0.5) is 4.79 Å². The van der Waals surface area contributed by atoms with Crippen LogP contribution in [0.15, 0.2) is 60.7 Å². The topological polar surface area (TPSA) is 86.7 Å². The highest BCUT2D eigenvalue weighted by Gasteiger charge is 2.53. The molecule has 1 heterocycles. The van der Waals surface area contributed by atoms with E-state index in [9.17, 15) is 14.4 Å². The van der Waals surface area contributed by atoms with Crippen molar-refractivity contribution in [3.05, 3.63) is 71.8 Å². The van der Waals surface area contributed by atoms with Gasteiger partial charge in [-0.3, -0.25) is 14.5 Å². The highest BCUT2D eigenvalue weighted by Crippen LogP contribution is 2.36. The zero-order valence-electron chi connectivity index (χ0n) is 16.3. The Labute approximate surface area is 170 Å². The van der Waals surface area contributed by atoms with Gasteiger partial charge in [-0.2, -0.15) is 0 Å². The molecule has 3 rings (SSSR count). The van der Waals surface area contributed by atoms with Crippen molar-refractivity contribution in [3.8, 4) is 0 Å². The number of carbonyl (C=O) groups excluding carboxylic acids is 2. The van der Waals surface area contributed by atoms with E-state index in [1.165, 1.54) is 4.90 Å². The molecule has 1 fully saturated rings. The molecule has 3 amide bonds. The highest BCUT2D eigenvalue weighted by molar-refractivity contribution is 6.09. The minimum Gasteiger partial charge on any atom is -0.481 e. The van der Waals surface area contributed by atoms with Crippen LogP contribution in [0.3, 0.4) is 0 Å².